The van der Waals surface area contributed by atoms with Crippen LogP contribution >= 0.6 is 11.3 Å². The van der Waals surface area contributed by atoms with Crippen molar-refractivity contribution in [3.8, 4) is 5.88 Å². The van der Waals surface area contributed by atoms with E-state index in [-0.39, 0.29) is 11.9 Å². The minimum absolute atomic E-state index is 0.223. The monoisotopic (exact) mass is 333 g/mol. The standard InChI is InChI=1S/C16H19N3O3S/c1-10-17-12(9-23-10)13-5-4-8-19(13)14-7-6-11(16(20)22-3)15(18-14)21-2/h6-7,9,13H,4-5,8H2,1-3H3. The molecule has 0 aliphatic carbocycles. The molecule has 0 amide bonds. The molecule has 0 radical (unpaired) electrons. The molecule has 122 valence electrons. The van der Waals surface area contributed by atoms with Crippen molar-refractivity contribution in [1.82, 2.24) is 9.97 Å². The largest absolute Gasteiger partial charge is 0.480 e. The molecule has 0 N–H and O–H groups in total. The van der Waals surface area contributed by atoms with Gasteiger partial charge in [-0.1, -0.05) is 0 Å². The number of methoxy groups -OCH3 is 2. The fraction of sp³-hybridized carbons (Fsp3) is 0.438. The van der Waals surface area contributed by atoms with Crippen LogP contribution in [0.3, 0.4) is 0 Å². The number of esters is 1. The quantitative estimate of drug-likeness (QED) is 0.802. The highest BCUT2D eigenvalue weighted by Crippen LogP contribution is 2.36. The molecule has 0 saturated carbocycles. The van der Waals surface area contributed by atoms with Gasteiger partial charge in [0.1, 0.15) is 11.4 Å². The van der Waals surface area contributed by atoms with E-state index in [0.29, 0.717) is 5.56 Å². The summed E-state index contributed by atoms with van der Waals surface area (Å²) in [4.78, 5) is 23.1. The number of rotatable bonds is 4. The van der Waals surface area contributed by atoms with Crippen molar-refractivity contribution in [3.63, 3.8) is 0 Å². The van der Waals surface area contributed by atoms with Gasteiger partial charge in [-0.25, -0.2) is 9.78 Å². The predicted octanol–water partition coefficient (Wildman–Crippen LogP) is 2.98. The molecule has 1 atom stereocenters. The average Bonchev–Trinajstić information content (AvgIpc) is 3.22. The third-order valence-corrected chi connectivity index (χ3v) is 4.76. The van der Waals surface area contributed by atoms with Crippen molar-refractivity contribution >= 4 is 23.1 Å². The Kier molecular flexibility index (Phi) is 4.47. The summed E-state index contributed by atoms with van der Waals surface area (Å²) in [6.07, 6.45) is 2.13. The van der Waals surface area contributed by atoms with Gasteiger partial charge >= 0.3 is 5.97 Å². The molecule has 3 heterocycles. The van der Waals surface area contributed by atoms with Crippen LogP contribution in [0.25, 0.3) is 0 Å². The molecule has 1 aliphatic heterocycles. The number of anilines is 1. The van der Waals surface area contributed by atoms with Crippen LogP contribution in [0.15, 0.2) is 17.5 Å². The lowest BCUT2D eigenvalue weighted by molar-refractivity contribution is 0.0596. The third-order valence-electron chi connectivity index (χ3n) is 3.97. The van der Waals surface area contributed by atoms with Gasteiger partial charge in [-0.05, 0) is 31.9 Å². The van der Waals surface area contributed by atoms with Gasteiger partial charge in [-0.3, -0.25) is 0 Å². The number of carbonyl (C=O) groups excluding carboxylic acids is 1. The Labute approximate surface area is 139 Å². The first-order chi connectivity index (χ1) is 11.1. The molecule has 0 spiro atoms. The molecule has 1 aliphatic rings. The Balaban J connectivity index is 1.92. The smallest absolute Gasteiger partial charge is 0.343 e. The van der Waals surface area contributed by atoms with Crippen molar-refractivity contribution in [2.75, 3.05) is 25.7 Å². The first-order valence-electron chi connectivity index (χ1n) is 7.46. The summed E-state index contributed by atoms with van der Waals surface area (Å²) in [6, 6.07) is 3.77. The second kappa shape index (κ2) is 6.54. The highest BCUT2D eigenvalue weighted by atomic mass is 32.1. The number of ether oxygens (including phenoxy) is 2. The summed E-state index contributed by atoms with van der Waals surface area (Å²) in [5.41, 5.74) is 1.42. The number of nitrogens with zero attached hydrogens (tertiary/aromatic N) is 3. The van der Waals surface area contributed by atoms with Gasteiger partial charge < -0.3 is 14.4 Å². The van der Waals surface area contributed by atoms with E-state index in [1.165, 1.54) is 14.2 Å². The normalized spacial score (nSPS) is 17.3. The van der Waals surface area contributed by atoms with Crippen LogP contribution in [0.4, 0.5) is 5.82 Å². The molecular formula is C16H19N3O3S. The lowest BCUT2D eigenvalue weighted by Gasteiger charge is -2.25. The molecule has 0 bridgehead atoms. The van der Waals surface area contributed by atoms with Gasteiger partial charge in [0.2, 0.25) is 5.88 Å². The fourth-order valence-electron chi connectivity index (χ4n) is 2.89. The first-order valence-corrected chi connectivity index (χ1v) is 8.34. The topological polar surface area (TPSA) is 64.5 Å². The Hall–Kier alpha value is -2.15. The maximum atomic E-state index is 11.7. The lowest BCUT2D eigenvalue weighted by atomic mass is 10.1. The van der Waals surface area contributed by atoms with Crippen LogP contribution in [-0.2, 0) is 4.74 Å². The van der Waals surface area contributed by atoms with E-state index in [9.17, 15) is 4.79 Å². The van der Waals surface area contributed by atoms with E-state index in [4.69, 9.17) is 9.47 Å². The number of carbonyl (C=O) groups is 1. The molecule has 1 fully saturated rings. The number of aromatic nitrogens is 2. The zero-order valence-corrected chi connectivity index (χ0v) is 14.2. The van der Waals surface area contributed by atoms with Crippen LogP contribution in [0.1, 0.15) is 39.9 Å². The van der Waals surface area contributed by atoms with Gasteiger partial charge in [-0.15, -0.1) is 11.3 Å². The van der Waals surface area contributed by atoms with Gasteiger partial charge in [-0.2, -0.15) is 4.98 Å². The maximum absolute atomic E-state index is 11.7. The Morgan fingerprint density at radius 2 is 2.17 bits per heavy atom. The van der Waals surface area contributed by atoms with E-state index in [2.05, 4.69) is 20.2 Å². The molecular weight excluding hydrogens is 314 g/mol. The molecule has 1 saturated heterocycles. The zero-order chi connectivity index (χ0) is 16.4. The van der Waals surface area contributed by atoms with Gasteiger partial charge in [0, 0.05) is 11.9 Å². The van der Waals surface area contributed by atoms with Crippen molar-refractivity contribution in [3.05, 3.63) is 33.8 Å². The van der Waals surface area contributed by atoms with E-state index >= 15 is 0 Å². The molecule has 2 aromatic heterocycles. The second-order valence-electron chi connectivity index (χ2n) is 5.36. The Bertz CT molecular complexity index is 716. The van der Waals surface area contributed by atoms with Crippen molar-refractivity contribution in [2.45, 2.75) is 25.8 Å². The third kappa shape index (κ3) is 3.01. The van der Waals surface area contributed by atoms with Crippen LogP contribution in [0.2, 0.25) is 0 Å². The number of hydrogen-bond donors (Lipinski definition) is 0. The number of pyridine rings is 1. The summed E-state index contributed by atoms with van der Waals surface area (Å²) in [6.45, 7) is 2.93. The molecule has 1 unspecified atom stereocenters. The van der Waals surface area contributed by atoms with Crippen LogP contribution in [0, 0.1) is 6.92 Å². The summed E-state index contributed by atoms with van der Waals surface area (Å²) in [5.74, 6) is 0.631. The zero-order valence-electron chi connectivity index (χ0n) is 13.4. The SMILES string of the molecule is COC(=O)c1ccc(N2CCCC2c2csc(C)n2)nc1OC. The van der Waals surface area contributed by atoms with E-state index in [1.54, 1.807) is 17.4 Å². The fourth-order valence-corrected chi connectivity index (χ4v) is 3.55. The van der Waals surface area contributed by atoms with Crippen molar-refractivity contribution in [2.24, 2.45) is 0 Å². The summed E-state index contributed by atoms with van der Waals surface area (Å²) in [7, 11) is 2.85. The predicted molar refractivity (Wildman–Crippen MR) is 88.3 cm³/mol. The van der Waals surface area contributed by atoms with Crippen LogP contribution in [-0.4, -0.2) is 36.7 Å². The summed E-state index contributed by atoms with van der Waals surface area (Å²) in [5, 5.41) is 3.18. The molecule has 7 heteroatoms. The number of aryl methyl sites for hydroxylation is 1. The summed E-state index contributed by atoms with van der Waals surface area (Å²) >= 11 is 1.66. The molecule has 2 aromatic rings. The van der Waals surface area contributed by atoms with E-state index < -0.39 is 5.97 Å². The molecule has 6 nitrogen and oxygen atoms in total. The van der Waals surface area contributed by atoms with Gasteiger partial charge in [0.25, 0.3) is 0 Å². The Morgan fingerprint density at radius 3 is 2.83 bits per heavy atom. The highest BCUT2D eigenvalue weighted by Gasteiger charge is 2.29. The van der Waals surface area contributed by atoms with Crippen LogP contribution < -0.4 is 9.64 Å². The van der Waals surface area contributed by atoms with E-state index in [1.807, 2.05) is 13.0 Å². The van der Waals surface area contributed by atoms with Crippen molar-refractivity contribution in [1.29, 1.82) is 0 Å². The van der Waals surface area contributed by atoms with Crippen LogP contribution in [0.5, 0.6) is 5.88 Å². The maximum Gasteiger partial charge on any atom is 0.343 e. The lowest BCUT2D eigenvalue weighted by Crippen LogP contribution is -2.24. The van der Waals surface area contributed by atoms with Gasteiger partial charge in [0.05, 0.1) is 31.0 Å². The second-order valence-corrected chi connectivity index (χ2v) is 6.42. The minimum atomic E-state index is -0.450. The van der Waals surface area contributed by atoms with E-state index in [0.717, 1.165) is 35.9 Å². The highest BCUT2D eigenvalue weighted by molar-refractivity contribution is 7.09. The average molecular weight is 333 g/mol. The summed E-state index contributed by atoms with van der Waals surface area (Å²) < 4.78 is 10.0. The molecule has 0 aromatic carbocycles. The van der Waals surface area contributed by atoms with Crippen molar-refractivity contribution < 1.29 is 14.3 Å². The number of hydrogen-bond acceptors (Lipinski definition) is 7. The first kappa shape index (κ1) is 15.7. The minimum Gasteiger partial charge on any atom is -0.480 e. The van der Waals surface area contributed by atoms with Gasteiger partial charge in [0.15, 0.2) is 0 Å². The Morgan fingerprint density at radius 1 is 1.35 bits per heavy atom. The molecule has 3 rings (SSSR count). The molecule has 23 heavy (non-hydrogen) atoms. The number of thiazole rings is 1.